The van der Waals surface area contributed by atoms with Crippen LogP contribution in [0.15, 0.2) is 18.2 Å². The fourth-order valence-corrected chi connectivity index (χ4v) is 1.53. The number of rotatable bonds is 3. The summed E-state index contributed by atoms with van der Waals surface area (Å²) in [6.07, 6.45) is 0.847. The first kappa shape index (κ1) is 11.4. The Morgan fingerprint density at radius 3 is 2.53 bits per heavy atom. The molecule has 1 rings (SSSR count). The minimum atomic E-state index is -3.63. The molecular weight excluding hydrogens is 225 g/mol. The number of anilines is 1. The molecule has 0 radical (unpaired) electrons. The van der Waals surface area contributed by atoms with Crippen LogP contribution in [0.1, 0.15) is 10.4 Å². The minimum absolute atomic E-state index is 0.377. The lowest BCUT2D eigenvalue weighted by Crippen LogP contribution is -2.12. The summed E-state index contributed by atoms with van der Waals surface area (Å²) in [4.78, 5) is 10.5. The van der Waals surface area contributed by atoms with Gasteiger partial charge >= 0.3 is 5.97 Å². The molecule has 0 bridgehead atoms. The number of carboxylic acid groups (broad SMARTS) is 1. The lowest BCUT2D eigenvalue weighted by molar-refractivity contribution is 0.0692. The summed E-state index contributed by atoms with van der Waals surface area (Å²) in [7, 11) is -3.63. The van der Waals surface area contributed by atoms with E-state index in [0.29, 0.717) is 0 Å². The Morgan fingerprint density at radius 2 is 2.07 bits per heavy atom. The molecule has 0 unspecified atom stereocenters. The Hall–Kier alpha value is -1.63. The molecule has 0 fully saturated rings. The van der Waals surface area contributed by atoms with Gasteiger partial charge in [-0.15, -0.1) is 0 Å². The van der Waals surface area contributed by atoms with Crippen LogP contribution in [0, 0.1) is 5.82 Å². The van der Waals surface area contributed by atoms with Crippen LogP contribution in [0.4, 0.5) is 10.1 Å². The average Bonchev–Trinajstić information content (AvgIpc) is 2.05. The molecule has 0 saturated heterocycles. The van der Waals surface area contributed by atoms with Gasteiger partial charge in [0.2, 0.25) is 10.0 Å². The highest BCUT2D eigenvalue weighted by molar-refractivity contribution is 7.92. The highest BCUT2D eigenvalue weighted by Crippen LogP contribution is 2.18. The summed E-state index contributed by atoms with van der Waals surface area (Å²) < 4.78 is 36.8. The molecule has 0 aliphatic carbocycles. The molecule has 1 aromatic rings. The van der Waals surface area contributed by atoms with Gasteiger partial charge in [-0.05, 0) is 12.1 Å². The van der Waals surface area contributed by atoms with Crippen molar-refractivity contribution in [1.82, 2.24) is 0 Å². The molecule has 0 atom stereocenters. The van der Waals surface area contributed by atoms with Crippen LogP contribution in [-0.2, 0) is 10.0 Å². The summed E-state index contributed by atoms with van der Waals surface area (Å²) >= 11 is 0. The number of aromatic carboxylic acids is 1. The van der Waals surface area contributed by atoms with E-state index in [0.717, 1.165) is 18.4 Å². The van der Waals surface area contributed by atoms with Crippen LogP contribution in [0.25, 0.3) is 0 Å². The number of hydrogen-bond donors (Lipinski definition) is 2. The topological polar surface area (TPSA) is 83.5 Å². The molecule has 7 heteroatoms. The largest absolute Gasteiger partial charge is 0.478 e. The molecule has 5 nitrogen and oxygen atoms in total. The number of carbonyl (C=O) groups is 1. The van der Waals surface area contributed by atoms with Crippen LogP contribution < -0.4 is 4.72 Å². The zero-order valence-electron chi connectivity index (χ0n) is 7.69. The third-order valence-electron chi connectivity index (χ3n) is 1.52. The zero-order chi connectivity index (χ0) is 11.6. The van der Waals surface area contributed by atoms with Crippen molar-refractivity contribution < 1.29 is 22.7 Å². The van der Waals surface area contributed by atoms with Crippen molar-refractivity contribution in [3.05, 3.63) is 29.6 Å². The van der Waals surface area contributed by atoms with Crippen molar-refractivity contribution in [2.24, 2.45) is 0 Å². The van der Waals surface area contributed by atoms with Gasteiger partial charge in [-0.3, -0.25) is 4.72 Å². The van der Waals surface area contributed by atoms with E-state index in [1.165, 1.54) is 6.07 Å². The second-order valence-electron chi connectivity index (χ2n) is 2.85. The third kappa shape index (κ3) is 2.91. The molecule has 1 aromatic carbocycles. The van der Waals surface area contributed by atoms with Crippen LogP contribution in [-0.4, -0.2) is 25.7 Å². The maximum Gasteiger partial charge on any atom is 0.338 e. The van der Waals surface area contributed by atoms with E-state index < -0.39 is 27.4 Å². The van der Waals surface area contributed by atoms with E-state index in [-0.39, 0.29) is 5.69 Å². The molecule has 0 amide bonds. The van der Waals surface area contributed by atoms with Gasteiger partial charge in [-0.25, -0.2) is 17.6 Å². The fourth-order valence-electron chi connectivity index (χ4n) is 0.976. The number of halogens is 1. The lowest BCUT2D eigenvalue weighted by atomic mass is 10.2. The van der Waals surface area contributed by atoms with Crippen LogP contribution in [0.2, 0.25) is 0 Å². The molecule has 0 spiro atoms. The number of carboxylic acids is 1. The molecule has 2 N–H and O–H groups in total. The van der Waals surface area contributed by atoms with Crippen molar-refractivity contribution in [2.45, 2.75) is 0 Å². The SMILES string of the molecule is CS(=O)(=O)Nc1cccc(C(=O)O)c1F. The fraction of sp³-hybridized carbons (Fsp3) is 0.125. The van der Waals surface area contributed by atoms with Gasteiger partial charge in [0.15, 0.2) is 5.82 Å². The Bertz CT molecular complexity index is 497. The maximum absolute atomic E-state index is 13.3. The second-order valence-corrected chi connectivity index (χ2v) is 4.59. The third-order valence-corrected chi connectivity index (χ3v) is 2.12. The molecular formula is C8H8FNO4S. The van der Waals surface area contributed by atoms with Gasteiger partial charge in [-0.1, -0.05) is 6.07 Å². The van der Waals surface area contributed by atoms with E-state index in [2.05, 4.69) is 0 Å². The van der Waals surface area contributed by atoms with Crippen LogP contribution >= 0.6 is 0 Å². The summed E-state index contributed by atoms with van der Waals surface area (Å²) in [5.41, 5.74) is -0.957. The van der Waals surface area contributed by atoms with Gasteiger partial charge in [0.25, 0.3) is 0 Å². The summed E-state index contributed by atoms with van der Waals surface area (Å²) in [6, 6.07) is 3.44. The first-order valence-electron chi connectivity index (χ1n) is 3.81. The predicted molar refractivity (Wildman–Crippen MR) is 51.8 cm³/mol. The highest BCUT2D eigenvalue weighted by atomic mass is 32.2. The Morgan fingerprint density at radius 1 is 1.47 bits per heavy atom. The van der Waals surface area contributed by atoms with E-state index >= 15 is 0 Å². The first-order chi connectivity index (χ1) is 6.81. The number of nitrogens with one attached hydrogen (secondary N) is 1. The summed E-state index contributed by atoms with van der Waals surface area (Å²) in [6.45, 7) is 0. The Labute approximate surface area is 85.6 Å². The average molecular weight is 233 g/mol. The molecule has 0 heterocycles. The van der Waals surface area contributed by atoms with Gasteiger partial charge in [0.05, 0.1) is 17.5 Å². The number of sulfonamides is 1. The molecule has 0 aliphatic heterocycles. The standard InChI is InChI=1S/C8H8FNO4S/c1-15(13,14)10-6-4-2-3-5(7(6)9)8(11)12/h2-4,10H,1H3,(H,11,12). The summed E-state index contributed by atoms with van der Waals surface area (Å²) in [5, 5.41) is 8.57. The molecule has 82 valence electrons. The van der Waals surface area contributed by atoms with Gasteiger partial charge in [0, 0.05) is 0 Å². The second kappa shape index (κ2) is 3.85. The van der Waals surface area contributed by atoms with Gasteiger partial charge in [0.1, 0.15) is 0 Å². The number of benzene rings is 1. The smallest absolute Gasteiger partial charge is 0.338 e. The maximum atomic E-state index is 13.3. The van der Waals surface area contributed by atoms with Crippen molar-refractivity contribution in [3.63, 3.8) is 0 Å². The van der Waals surface area contributed by atoms with Crippen molar-refractivity contribution in [3.8, 4) is 0 Å². The minimum Gasteiger partial charge on any atom is -0.478 e. The Balaban J connectivity index is 3.22. The quantitative estimate of drug-likeness (QED) is 0.812. The van der Waals surface area contributed by atoms with E-state index in [1.54, 1.807) is 0 Å². The number of hydrogen-bond acceptors (Lipinski definition) is 3. The normalized spacial score (nSPS) is 11.1. The van der Waals surface area contributed by atoms with Crippen LogP contribution in [0.3, 0.4) is 0 Å². The highest BCUT2D eigenvalue weighted by Gasteiger charge is 2.15. The van der Waals surface area contributed by atoms with Crippen molar-refractivity contribution in [2.75, 3.05) is 11.0 Å². The monoisotopic (exact) mass is 233 g/mol. The molecule has 0 saturated carbocycles. The van der Waals surface area contributed by atoms with Gasteiger partial charge < -0.3 is 5.11 Å². The molecule has 0 aromatic heterocycles. The van der Waals surface area contributed by atoms with E-state index in [4.69, 9.17) is 5.11 Å². The summed E-state index contributed by atoms with van der Waals surface area (Å²) in [5.74, 6) is -2.56. The predicted octanol–water partition coefficient (Wildman–Crippen LogP) is 0.895. The molecule has 0 aliphatic rings. The zero-order valence-corrected chi connectivity index (χ0v) is 8.51. The van der Waals surface area contributed by atoms with Crippen molar-refractivity contribution >= 4 is 21.7 Å². The van der Waals surface area contributed by atoms with E-state index in [1.807, 2.05) is 4.72 Å². The molecule has 15 heavy (non-hydrogen) atoms. The van der Waals surface area contributed by atoms with Crippen molar-refractivity contribution in [1.29, 1.82) is 0 Å². The van der Waals surface area contributed by atoms with E-state index in [9.17, 15) is 17.6 Å². The Kier molecular flexibility index (Phi) is 2.94. The first-order valence-corrected chi connectivity index (χ1v) is 5.70. The van der Waals surface area contributed by atoms with Gasteiger partial charge in [-0.2, -0.15) is 0 Å². The van der Waals surface area contributed by atoms with Crippen LogP contribution in [0.5, 0.6) is 0 Å². The lowest BCUT2D eigenvalue weighted by Gasteiger charge is -2.06.